The van der Waals surface area contributed by atoms with Gasteiger partial charge in [-0.05, 0) is 38.8 Å². The molecule has 0 unspecified atom stereocenters. The zero-order valence-electron chi connectivity index (χ0n) is 20.7. The third-order valence-electron chi connectivity index (χ3n) is 4.63. The molecule has 2 amide bonds. The Balaban J connectivity index is 4.94. The molecule has 0 aliphatic carbocycles. The predicted molar refractivity (Wildman–Crippen MR) is 128 cm³/mol. The second kappa shape index (κ2) is 13.1. The summed E-state index contributed by atoms with van der Waals surface area (Å²) < 4.78 is 0. The number of hydrogen-bond acceptors (Lipinski definition) is 5. The standard InChI is InChI=1S/C25H40N2O5/c1-17(9-11-19(3)28)13-21(30)26-15-24(5,6)23(32)25(7,8)16-27-22(31)14-18(2)10-12-20(4)29/h9-14,19-20,28-29H,15-16H2,1-8H3,(H,26,30)(H,27,31)/b11-9+,12-10+,17-13+,18-14+/t19-,20+. The maximum Gasteiger partial charge on any atom is 0.244 e. The van der Waals surface area contributed by atoms with Gasteiger partial charge in [0.15, 0.2) is 0 Å². The first-order valence-corrected chi connectivity index (χ1v) is 10.8. The number of carbonyl (C=O) groups excluding carboxylic acids is 3. The molecule has 180 valence electrons. The zero-order valence-corrected chi connectivity index (χ0v) is 20.7. The number of carbonyl (C=O) groups is 3. The Morgan fingerprint density at radius 3 is 1.34 bits per heavy atom. The third-order valence-corrected chi connectivity index (χ3v) is 4.63. The van der Waals surface area contributed by atoms with Crippen LogP contribution in [0.25, 0.3) is 0 Å². The van der Waals surface area contributed by atoms with Gasteiger partial charge in [0.25, 0.3) is 0 Å². The van der Waals surface area contributed by atoms with Gasteiger partial charge in [-0.1, -0.05) is 52.0 Å². The molecule has 32 heavy (non-hydrogen) atoms. The third kappa shape index (κ3) is 12.4. The summed E-state index contributed by atoms with van der Waals surface area (Å²) in [5, 5.41) is 24.0. The van der Waals surface area contributed by atoms with Crippen molar-refractivity contribution < 1.29 is 24.6 Å². The first kappa shape index (κ1) is 29.5. The highest BCUT2D eigenvalue weighted by atomic mass is 16.3. The van der Waals surface area contributed by atoms with Crippen LogP contribution in [0.2, 0.25) is 0 Å². The monoisotopic (exact) mass is 448 g/mol. The fourth-order valence-corrected chi connectivity index (χ4v) is 2.89. The van der Waals surface area contributed by atoms with Crippen LogP contribution in [0.3, 0.4) is 0 Å². The lowest BCUT2D eigenvalue weighted by Crippen LogP contribution is -2.48. The number of Topliss-reactive ketones (excluding diaryl/α,β-unsaturated/α-hetero) is 1. The van der Waals surface area contributed by atoms with E-state index in [1.54, 1.807) is 79.7 Å². The van der Waals surface area contributed by atoms with E-state index in [0.29, 0.717) is 11.1 Å². The van der Waals surface area contributed by atoms with Crippen LogP contribution in [0.5, 0.6) is 0 Å². The van der Waals surface area contributed by atoms with Crippen molar-refractivity contribution in [2.75, 3.05) is 13.1 Å². The van der Waals surface area contributed by atoms with E-state index in [0.717, 1.165) is 0 Å². The molecule has 0 aliphatic rings. The first-order valence-electron chi connectivity index (χ1n) is 10.8. The smallest absolute Gasteiger partial charge is 0.244 e. The quantitative estimate of drug-likeness (QED) is 0.271. The lowest BCUT2D eigenvalue weighted by Gasteiger charge is -2.33. The van der Waals surface area contributed by atoms with Crippen LogP contribution in [-0.4, -0.2) is 53.1 Å². The predicted octanol–water partition coefficient (Wildman–Crippen LogP) is 2.61. The molecule has 0 spiro atoms. The van der Waals surface area contributed by atoms with Crippen LogP contribution in [-0.2, 0) is 14.4 Å². The van der Waals surface area contributed by atoms with Crippen LogP contribution in [0.15, 0.2) is 47.6 Å². The molecule has 7 nitrogen and oxygen atoms in total. The Hall–Kier alpha value is -2.51. The SMILES string of the molecule is CC(/C=C/[C@H](C)O)=C\C(=O)NCC(C)(C)C(=O)C(C)(C)CNC(=O)/C=C(C)/C=C/[C@@H](C)O. The highest BCUT2D eigenvalue weighted by Crippen LogP contribution is 2.28. The van der Waals surface area contributed by atoms with Gasteiger partial charge in [0, 0.05) is 36.1 Å². The Morgan fingerprint density at radius 1 is 0.750 bits per heavy atom. The summed E-state index contributed by atoms with van der Waals surface area (Å²) in [6, 6.07) is 0. The van der Waals surface area contributed by atoms with Gasteiger partial charge >= 0.3 is 0 Å². The van der Waals surface area contributed by atoms with Gasteiger partial charge in [-0.3, -0.25) is 14.4 Å². The first-order chi connectivity index (χ1) is 14.6. The molecular weight excluding hydrogens is 408 g/mol. The summed E-state index contributed by atoms with van der Waals surface area (Å²) in [6.45, 7) is 14.1. The summed E-state index contributed by atoms with van der Waals surface area (Å²) >= 11 is 0. The zero-order chi connectivity index (χ0) is 25.1. The molecule has 0 bridgehead atoms. The van der Waals surface area contributed by atoms with E-state index in [9.17, 15) is 24.6 Å². The van der Waals surface area contributed by atoms with Gasteiger partial charge in [0.05, 0.1) is 12.2 Å². The molecule has 4 N–H and O–H groups in total. The van der Waals surface area contributed by atoms with E-state index in [1.165, 1.54) is 12.2 Å². The number of allylic oxidation sites excluding steroid dienone is 4. The molecule has 0 saturated heterocycles. The summed E-state index contributed by atoms with van der Waals surface area (Å²) in [5.74, 6) is -0.735. The average Bonchev–Trinajstić information content (AvgIpc) is 2.67. The summed E-state index contributed by atoms with van der Waals surface area (Å²) in [7, 11) is 0. The van der Waals surface area contributed by atoms with Crippen molar-refractivity contribution in [3.8, 4) is 0 Å². The van der Waals surface area contributed by atoms with Crippen LogP contribution < -0.4 is 10.6 Å². The van der Waals surface area contributed by atoms with E-state index in [2.05, 4.69) is 10.6 Å². The lowest BCUT2D eigenvalue weighted by molar-refractivity contribution is -0.136. The molecule has 0 fully saturated rings. The maximum atomic E-state index is 13.1. The van der Waals surface area contributed by atoms with E-state index in [1.807, 2.05) is 0 Å². The molecule has 0 aromatic carbocycles. The fraction of sp³-hybridized carbons (Fsp3) is 0.560. The van der Waals surface area contributed by atoms with Crippen molar-refractivity contribution in [3.63, 3.8) is 0 Å². The van der Waals surface area contributed by atoms with Gasteiger partial charge in [-0.15, -0.1) is 0 Å². The Labute approximate surface area is 192 Å². The minimum absolute atomic E-state index is 0.0880. The van der Waals surface area contributed by atoms with Crippen molar-refractivity contribution in [3.05, 3.63) is 47.6 Å². The van der Waals surface area contributed by atoms with Gasteiger partial charge < -0.3 is 20.8 Å². The number of aliphatic hydroxyl groups excluding tert-OH is 2. The van der Waals surface area contributed by atoms with Crippen molar-refractivity contribution in [2.45, 2.75) is 67.6 Å². The van der Waals surface area contributed by atoms with E-state index < -0.39 is 23.0 Å². The molecule has 0 aromatic rings. The summed E-state index contributed by atoms with van der Waals surface area (Å²) in [6.07, 6.45) is 8.08. The molecular formula is C25H40N2O5. The molecule has 0 aromatic heterocycles. The number of hydrogen-bond donors (Lipinski definition) is 4. The molecule has 0 saturated carbocycles. The van der Waals surface area contributed by atoms with Gasteiger partial charge in [0.1, 0.15) is 5.78 Å². The van der Waals surface area contributed by atoms with Crippen molar-refractivity contribution >= 4 is 17.6 Å². The van der Waals surface area contributed by atoms with E-state index in [-0.39, 0.29) is 30.7 Å². The van der Waals surface area contributed by atoms with Crippen LogP contribution in [0.1, 0.15) is 55.4 Å². The normalized spacial score (nSPS) is 15.7. The largest absolute Gasteiger partial charge is 0.389 e. The minimum atomic E-state index is -0.840. The maximum absolute atomic E-state index is 13.1. The number of ketones is 1. The molecule has 2 atom stereocenters. The topological polar surface area (TPSA) is 116 Å². The van der Waals surface area contributed by atoms with E-state index >= 15 is 0 Å². The van der Waals surface area contributed by atoms with Crippen molar-refractivity contribution in [1.82, 2.24) is 10.6 Å². The van der Waals surface area contributed by atoms with Crippen LogP contribution in [0, 0.1) is 10.8 Å². The second-order valence-corrected chi connectivity index (χ2v) is 9.51. The number of amides is 2. The molecule has 7 heteroatoms. The molecule has 0 heterocycles. The molecule has 0 radical (unpaired) electrons. The lowest BCUT2D eigenvalue weighted by atomic mass is 9.73. The summed E-state index contributed by atoms with van der Waals surface area (Å²) in [5.41, 5.74) is -0.316. The number of nitrogens with one attached hydrogen (secondary N) is 2. The van der Waals surface area contributed by atoms with Crippen LogP contribution >= 0.6 is 0 Å². The van der Waals surface area contributed by atoms with Crippen LogP contribution in [0.4, 0.5) is 0 Å². The fourth-order valence-electron chi connectivity index (χ4n) is 2.89. The summed E-state index contributed by atoms with van der Waals surface area (Å²) in [4.78, 5) is 37.4. The minimum Gasteiger partial charge on any atom is -0.389 e. The van der Waals surface area contributed by atoms with Crippen molar-refractivity contribution in [2.24, 2.45) is 10.8 Å². The molecule has 0 aliphatic heterocycles. The number of aliphatic hydroxyl groups is 2. The second-order valence-electron chi connectivity index (χ2n) is 9.51. The van der Waals surface area contributed by atoms with Crippen molar-refractivity contribution in [1.29, 1.82) is 0 Å². The van der Waals surface area contributed by atoms with Gasteiger partial charge in [-0.25, -0.2) is 0 Å². The number of rotatable bonds is 12. The highest BCUT2D eigenvalue weighted by Gasteiger charge is 2.39. The van der Waals surface area contributed by atoms with E-state index in [4.69, 9.17) is 0 Å². The highest BCUT2D eigenvalue weighted by molar-refractivity contribution is 5.93. The Kier molecular flexibility index (Phi) is 12.1. The van der Waals surface area contributed by atoms with Gasteiger partial charge in [-0.2, -0.15) is 0 Å². The molecule has 0 rings (SSSR count). The average molecular weight is 449 g/mol. The van der Waals surface area contributed by atoms with Gasteiger partial charge in [0.2, 0.25) is 11.8 Å². The Morgan fingerprint density at radius 2 is 1.06 bits per heavy atom. The Bertz CT molecular complexity index is 720.